The number of halogens is 1. The summed E-state index contributed by atoms with van der Waals surface area (Å²) in [5.41, 5.74) is 1.62. The largest absolute Gasteiger partial charge is 0.493 e. The van der Waals surface area contributed by atoms with Gasteiger partial charge in [-0.25, -0.2) is 0 Å². The van der Waals surface area contributed by atoms with E-state index in [0.717, 1.165) is 11.1 Å². The molecule has 0 unspecified atom stereocenters. The Kier molecular flexibility index (Phi) is 7.33. The summed E-state index contributed by atoms with van der Waals surface area (Å²) in [6.07, 6.45) is 0.715. The summed E-state index contributed by atoms with van der Waals surface area (Å²) in [5, 5.41) is 0.593. The molecule has 0 spiro atoms. The van der Waals surface area contributed by atoms with E-state index in [9.17, 15) is 14.4 Å². The van der Waals surface area contributed by atoms with E-state index in [2.05, 4.69) is 0 Å². The maximum absolute atomic E-state index is 12.8. The molecule has 0 aliphatic heterocycles. The van der Waals surface area contributed by atoms with Crippen LogP contribution in [0.3, 0.4) is 0 Å². The second kappa shape index (κ2) is 9.96. The van der Waals surface area contributed by atoms with Crippen LogP contribution in [0.1, 0.15) is 36.3 Å². The molecule has 0 saturated heterocycles. The average Bonchev–Trinajstić information content (AvgIpc) is 2.76. The minimum absolute atomic E-state index is 0.0552. The highest BCUT2D eigenvalue weighted by atomic mass is 35.5. The van der Waals surface area contributed by atoms with Gasteiger partial charge in [0.1, 0.15) is 5.92 Å². The topological polar surface area (TPSA) is 78.9 Å². The maximum Gasteiger partial charge on any atom is 0.203 e. The summed E-state index contributed by atoms with van der Waals surface area (Å²) in [6.45, 7) is 0. The summed E-state index contributed by atoms with van der Waals surface area (Å²) in [6, 6.07) is 10.6. The van der Waals surface area contributed by atoms with Gasteiger partial charge in [0.05, 0.1) is 21.3 Å². The number of ether oxygens (including phenoxy) is 3. The van der Waals surface area contributed by atoms with Gasteiger partial charge in [-0.1, -0.05) is 29.8 Å². The van der Waals surface area contributed by atoms with Gasteiger partial charge in [0.2, 0.25) is 5.75 Å². The Balaban J connectivity index is 1.69. The van der Waals surface area contributed by atoms with Crippen molar-refractivity contribution in [1.29, 1.82) is 0 Å². The van der Waals surface area contributed by atoms with E-state index in [1.54, 1.807) is 24.3 Å². The normalized spacial score (nSPS) is 18.6. The first-order chi connectivity index (χ1) is 14.9. The third kappa shape index (κ3) is 4.90. The molecular formula is C24H25ClO6. The van der Waals surface area contributed by atoms with E-state index in [4.69, 9.17) is 25.8 Å². The lowest BCUT2D eigenvalue weighted by Crippen LogP contribution is -2.38. The van der Waals surface area contributed by atoms with Gasteiger partial charge in [-0.15, -0.1) is 0 Å². The number of methoxy groups -OCH3 is 3. The first kappa shape index (κ1) is 22.8. The van der Waals surface area contributed by atoms with Gasteiger partial charge in [-0.05, 0) is 41.7 Å². The van der Waals surface area contributed by atoms with Gasteiger partial charge >= 0.3 is 0 Å². The van der Waals surface area contributed by atoms with Crippen molar-refractivity contribution in [2.45, 2.75) is 31.6 Å². The number of carbonyl (C=O) groups is 3. The SMILES string of the molecule is COc1ccc(CCC(=O)C2C(=O)CC(c3ccc(Cl)cc3)CC2=O)c(OC)c1OC. The second-order valence-corrected chi connectivity index (χ2v) is 7.92. The van der Waals surface area contributed by atoms with E-state index < -0.39 is 5.92 Å². The molecule has 2 aromatic carbocycles. The van der Waals surface area contributed by atoms with Crippen molar-refractivity contribution in [3.8, 4) is 17.2 Å². The zero-order chi connectivity index (χ0) is 22.5. The molecule has 1 saturated carbocycles. The summed E-state index contributed by atoms with van der Waals surface area (Å²) < 4.78 is 16.1. The molecular weight excluding hydrogens is 420 g/mol. The molecule has 164 valence electrons. The second-order valence-electron chi connectivity index (χ2n) is 7.48. The Morgan fingerprint density at radius 1 is 0.903 bits per heavy atom. The van der Waals surface area contributed by atoms with E-state index in [1.165, 1.54) is 21.3 Å². The molecule has 0 aromatic heterocycles. The van der Waals surface area contributed by atoms with Crippen LogP contribution in [0.5, 0.6) is 17.2 Å². The van der Waals surface area contributed by atoms with Crippen molar-refractivity contribution in [1.82, 2.24) is 0 Å². The van der Waals surface area contributed by atoms with Crippen molar-refractivity contribution in [2.24, 2.45) is 5.92 Å². The van der Waals surface area contributed by atoms with Gasteiger partial charge in [-0.3, -0.25) is 14.4 Å². The molecule has 1 aliphatic carbocycles. The summed E-state index contributed by atoms with van der Waals surface area (Å²) in [4.78, 5) is 38.2. The predicted octanol–water partition coefficient (Wildman–Crippen LogP) is 4.20. The van der Waals surface area contributed by atoms with Crippen molar-refractivity contribution in [2.75, 3.05) is 21.3 Å². The lowest BCUT2D eigenvalue weighted by molar-refractivity contribution is -0.142. The molecule has 1 fully saturated rings. The standard InChI is InChI=1S/C24H25ClO6/c1-29-21-11-7-15(23(30-2)24(21)31-3)6-10-18(26)22-19(27)12-16(13-20(22)28)14-4-8-17(25)9-5-14/h4-5,7-9,11,16,22H,6,10,12-13H2,1-3H3. The number of hydrogen-bond donors (Lipinski definition) is 0. The highest BCUT2D eigenvalue weighted by Crippen LogP contribution is 2.40. The third-order valence-corrected chi connectivity index (χ3v) is 5.88. The van der Waals surface area contributed by atoms with Crippen molar-refractivity contribution >= 4 is 29.0 Å². The Hall–Kier alpha value is -2.86. The van der Waals surface area contributed by atoms with Crippen LogP contribution in [0.25, 0.3) is 0 Å². The number of benzene rings is 2. The number of ketones is 3. The number of carbonyl (C=O) groups excluding carboxylic acids is 3. The zero-order valence-electron chi connectivity index (χ0n) is 17.8. The van der Waals surface area contributed by atoms with Gasteiger partial charge in [0, 0.05) is 24.3 Å². The fourth-order valence-corrected chi connectivity index (χ4v) is 4.19. The van der Waals surface area contributed by atoms with E-state index in [-0.39, 0.29) is 42.5 Å². The first-order valence-electron chi connectivity index (χ1n) is 10.0. The number of Topliss-reactive ketones (excluding diaryl/α,β-unsaturated/α-hetero) is 3. The quantitative estimate of drug-likeness (QED) is 0.568. The van der Waals surface area contributed by atoms with Crippen molar-refractivity contribution in [3.63, 3.8) is 0 Å². The molecule has 6 nitrogen and oxygen atoms in total. The van der Waals surface area contributed by atoms with Crippen LogP contribution in [-0.4, -0.2) is 38.7 Å². The van der Waals surface area contributed by atoms with Crippen LogP contribution in [-0.2, 0) is 20.8 Å². The predicted molar refractivity (Wildman–Crippen MR) is 116 cm³/mol. The summed E-state index contributed by atoms with van der Waals surface area (Å²) in [7, 11) is 4.54. The summed E-state index contributed by atoms with van der Waals surface area (Å²) >= 11 is 5.91. The highest BCUT2D eigenvalue weighted by Gasteiger charge is 2.40. The van der Waals surface area contributed by atoms with Crippen LogP contribution in [0.15, 0.2) is 36.4 Å². The highest BCUT2D eigenvalue weighted by molar-refractivity contribution is 6.30. The van der Waals surface area contributed by atoms with Gasteiger partial charge in [0.25, 0.3) is 0 Å². The van der Waals surface area contributed by atoms with E-state index >= 15 is 0 Å². The lowest BCUT2D eigenvalue weighted by atomic mass is 9.74. The van der Waals surface area contributed by atoms with Crippen LogP contribution >= 0.6 is 11.6 Å². The Bertz CT molecular complexity index is 964. The first-order valence-corrected chi connectivity index (χ1v) is 10.4. The van der Waals surface area contributed by atoms with Crippen LogP contribution in [0, 0.1) is 5.92 Å². The molecule has 0 atom stereocenters. The monoisotopic (exact) mass is 444 g/mol. The molecule has 0 N–H and O–H groups in total. The number of rotatable bonds is 8. The van der Waals surface area contributed by atoms with Crippen molar-refractivity contribution < 1.29 is 28.6 Å². The minimum Gasteiger partial charge on any atom is -0.493 e. The molecule has 0 radical (unpaired) electrons. The maximum atomic E-state index is 12.8. The van der Waals surface area contributed by atoms with Gasteiger partial charge in [-0.2, -0.15) is 0 Å². The van der Waals surface area contributed by atoms with Crippen LogP contribution in [0.2, 0.25) is 5.02 Å². The molecule has 2 aromatic rings. The smallest absolute Gasteiger partial charge is 0.203 e. The fourth-order valence-electron chi connectivity index (χ4n) is 4.07. The molecule has 0 bridgehead atoms. The molecule has 3 rings (SSSR count). The Labute approximate surface area is 186 Å². The zero-order valence-corrected chi connectivity index (χ0v) is 18.5. The van der Waals surface area contributed by atoms with Crippen LogP contribution in [0.4, 0.5) is 0 Å². The van der Waals surface area contributed by atoms with E-state index in [0.29, 0.717) is 28.7 Å². The average molecular weight is 445 g/mol. The fraction of sp³-hybridized carbons (Fsp3) is 0.375. The number of hydrogen-bond acceptors (Lipinski definition) is 6. The molecule has 0 heterocycles. The van der Waals surface area contributed by atoms with Crippen molar-refractivity contribution in [3.05, 3.63) is 52.5 Å². The van der Waals surface area contributed by atoms with Gasteiger partial charge in [0.15, 0.2) is 28.8 Å². The minimum atomic E-state index is -1.19. The molecule has 0 amide bonds. The molecule has 1 aliphatic rings. The summed E-state index contributed by atoms with van der Waals surface area (Å²) in [5.74, 6) is -0.978. The Morgan fingerprint density at radius 2 is 1.52 bits per heavy atom. The lowest BCUT2D eigenvalue weighted by Gasteiger charge is -2.26. The molecule has 7 heteroatoms. The number of aryl methyl sites for hydroxylation is 1. The third-order valence-electron chi connectivity index (χ3n) is 5.63. The van der Waals surface area contributed by atoms with Crippen LogP contribution < -0.4 is 14.2 Å². The Morgan fingerprint density at radius 3 is 2.06 bits per heavy atom. The van der Waals surface area contributed by atoms with Gasteiger partial charge < -0.3 is 14.2 Å². The molecule has 31 heavy (non-hydrogen) atoms. The van der Waals surface area contributed by atoms with E-state index in [1.807, 2.05) is 12.1 Å².